The number of nitriles is 1. The maximum Gasteiger partial charge on any atom is 0.0953 e. The van der Waals surface area contributed by atoms with Crippen molar-refractivity contribution >= 4 is 0 Å². The fourth-order valence-electron chi connectivity index (χ4n) is 0.962. The van der Waals surface area contributed by atoms with Crippen molar-refractivity contribution in [3.63, 3.8) is 0 Å². The summed E-state index contributed by atoms with van der Waals surface area (Å²) in [5.41, 5.74) is 0. The van der Waals surface area contributed by atoms with Gasteiger partial charge in [0.05, 0.1) is 12.1 Å². The van der Waals surface area contributed by atoms with Crippen molar-refractivity contribution in [2.45, 2.75) is 25.3 Å². The van der Waals surface area contributed by atoms with E-state index in [0.717, 1.165) is 13.0 Å². The second-order valence-corrected chi connectivity index (χ2v) is 2.13. The van der Waals surface area contributed by atoms with Crippen LogP contribution in [0.4, 0.5) is 0 Å². The normalized spacial score (nSPS) is 23.9. The zero-order chi connectivity index (χ0) is 7.82. The van der Waals surface area contributed by atoms with Crippen molar-refractivity contribution in [2.24, 2.45) is 5.90 Å². The molecule has 0 aromatic heterocycles. The zero-order valence-corrected chi connectivity index (χ0v) is 5.88. The Morgan fingerprint density at radius 1 is 1.50 bits per heavy atom. The lowest BCUT2D eigenvalue weighted by atomic mass is 10.1. The van der Waals surface area contributed by atoms with Gasteiger partial charge in [-0.3, -0.25) is 0 Å². The average molecular weight is 143 g/mol. The highest BCUT2D eigenvalue weighted by atomic mass is 16.4. The van der Waals surface area contributed by atoms with Gasteiger partial charge in [0.2, 0.25) is 0 Å². The minimum Gasteiger partial charge on any atom is -0.320 e. The number of nitrogens with two attached hydrogens (primary N) is 1. The molecular weight excluding hydrogens is 130 g/mol. The third-order valence-corrected chi connectivity index (χ3v) is 1.47. The molecule has 0 amide bonds. The van der Waals surface area contributed by atoms with Crippen LogP contribution in [0.5, 0.6) is 0 Å². The Morgan fingerprint density at radius 3 is 2.50 bits per heavy atom. The number of piperidine rings is 1. The Kier molecular flexibility index (Phi) is 6.08. The van der Waals surface area contributed by atoms with E-state index in [2.05, 4.69) is 17.3 Å². The first-order valence-corrected chi connectivity index (χ1v) is 3.32. The number of hydrogen-bond acceptors (Lipinski definition) is 4. The van der Waals surface area contributed by atoms with Crippen molar-refractivity contribution < 1.29 is 5.21 Å². The molecule has 1 aliphatic heterocycles. The summed E-state index contributed by atoms with van der Waals surface area (Å²) in [4.78, 5) is 0. The van der Waals surface area contributed by atoms with Gasteiger partial charge in [-0.25, -0.2) is 5.90 Å². The second-order valence-electron chi connectivity index (χ2n) is 2.13. The molecule has 10 heavy (non-hydrogen) atoms. The fourth-order valence-corrected chi connectivity index (χ4v) is 0.962. The topological polar surface area (TPSA) is 82.1 Å². The van der Waals surface area contributed by atoms with Gasteiger partial charge >= 0.3 is 0 Å². The summed E-state index contributed by atoms with van der Waals surface area (Å²) in [6.07, 6.45) is 3.49. The molecule has 1 rings (SSSR count). The first-order chi connectivity index (χ1) is 4.93. The summed E-state index contributed by atoms with van der Waals surface area (Å²) < 4.78 is 0. The molecule has 0 aliphatic carbocycles. The van der Waals surface area contributed by atoms with Gasteiger partial charge in [0.25, 0.3) is 0 Å². The summed E-state index contributed by atoms with van der Waals surface area (Å²) in [6, 6.07) is 2.34. The van der Waals surface area contributed by atoms with Crippen molar-refractivity contribution in [2.75, 3.05) is 6.54 Å². The van der Waals surface area contributed by atoms with E-state index in [1.165, 1.54) is 12.8 Å². The van der Waals surface area contributed by atoms with Gasteiger partial charge in [0.15, 0.2) is 0 Å². The summed E-state index contributed by atoms with van der Waals surface area (Å²) in [5, 5.41) is 18.0. The monoisotopic (exact) mass is 143 g/mol. The molecule has 0 radical (unpaired) electrons. The lowest BCUT2D eigenvalue weighted by Gasteiger charge is -2.15. The first kappa shape index (κ1) is 9.37. The average Bonchev–Trinajstić information content (AvgIpc) is 2.10. The van der Waals surface area contributed by atoms with Gasteiger partial charge in [0, 0.05) is 0 Å². The first-order valence-electron chi connectivity index (χ1n) is 3.32. The molecule has 1 heterocycles. The van der Waals surface area contributed by atoms with E-state index in [9.17, 15) is 0 Å². The molecule has 0 aromatic rings. The predicted octanol–water partition coefficient (Wildman–Crippen LogP) is -0.0136. The molecule has 1 fully saturated rings. The quantitative estimate of drug-likeness (QED) is 0.416. The molecule has 0 bridgehead atoms. The van der Waals surface area contributed by atoms with E-state index in [1.54, 1.807) is 0 Å². The van der Waals surface area contributed by atoms with E-state index < -0.39 is 0 Å². The van der Waals surface area contributed by atoms with Gasteiger partial charge in [0.1, 0.15) is 0 Å². The Labute approximate surface area is 60.6 Å². The third-order valence-electron chi connectivity index (χ3n) is 1.47. The Morgan fingerprint density at radius 2 is 2.20 bits per heavy atom. The van der Waals surface area contributed by atoms with Crippen LogP contribution in [-0.2, 0) is 0 Å². The van der Waals surface area contributed by atoms with Crippen LogP contribution in [0.1, 0.15) is 19.3 Å². The minimum atomic E-state index is 0.142. The predicted molar refractivity (Wildman–Crippen MR) is 37.2 cm³/mol. The maximum atomic E-state index is 8.38. The molecule has 4 heteroatoms. The van der Waals surface area contributed by atoms with Gasteiger partial charge in [-0.15, -0.1) is 0 Å². The zero-order valence-electron chi connectivity index (χ0n) is 5.88. The highest BCUT2D eigenvalue weighted by molar-refractivity contribution is 4.91. The number of hydrogen-bond donors (Lipinski definition) is 3. The van der Waals surface area contributed by atoms with Crippen molar-refractivity contribution in [3.05, 3.63) is 0 Å². The largest absolute Gasteiger partial charge is 0.320 e. The van der Waals surface area contributed by atoms with Crippen LogP contribution in [-0.4, -0.2) is 17.8 Å². The smallest absolute Gasteiger partial charge is 0.0953 e. The molecular formula is C6H13N3O. The van der Waals surface area contributed by atoms with E-state index in [0.29, 0.717) is 0 Å². The molecule has 1 unspecified atom stereocenters. The summed E-state index contributed by atoms with van der Waals surface area (Å²) in [7, 11) is 0. The fraction of sp³-hybridized carbons (Fsp3) is 0.833. The molecule has 0 saturated carbocycles. The maximum absolute atomic E-state index is 8.38. The van der Waals surface area contributed by atoms with E-state index in [1.807, 2.05) is 0 Å². The van der Waals surface area contributed by atoms with Gasteiger partial charge in [-0.1, -0.05) is 0 Å². The van der Waals surface area contributed by atoms with Crippen molar-refractivity contribution in [1.29, 1.82) is 5.26 Å². The number of nitrogens with one attached hydrogen (secondary N) is 1. The third kappa shape index (κ3) is 3.41. The molecule has 1 atom stereocenters. The van der Waals surface area contributed by atoms with Gasteiger partial charge in [-0.2, -0.15) is 5.26 Å². The molecule has 58 valence electrons. The Balaban J connectivity index is 0.000000371. The van der Waals surface area contributed by atoms with E-state index in [-0.39, 0.29) is 6.04 Å². The van der Waals surface area contributed by atoms with Crippen molar-refractivity contribution in [3.8, 4) is 6.07 Å². The second kappa shape index (κ2) is 6.49. The summed E-state index contributed by atoms with van der Waals surface area (Å²) in [5.74, 6) is 3.50. The van der Waals surface area contributed by atoms with Crippen LogP contribution in [0.2, 0.25) is 0 Å². The Bertz CT molecular complexity index is 104. The standard InChI is InChI=1S/C6H10N2.H3NO/c7-5-6-3-1-2-4-8-6;1-2/h6,8H,1-4H2;2H,1H2. The molecule has 0 aromatic carbocycles. The molecule has 0 spiro atoms. The van der Waals surface area contributed by atoms with Crippen LogP contribution in [0.25, 0.3) is 0 Å². The molecule has 1 saturated heterocycles. The highest BCUT2D eigenvalue weighted by Crippen LogP contribution is 2.04. The van der Waals surface area contributed by atoms with Crippen LogP contribution in [0.15, 0.2) is 0 Å². The van der Waals surface area contributed by atoms with Crippen molar-refractivity contribution in [1.82, 2.24) is 5.32 Å². The van der Waals surface area contributed by atoms with Crippen LogP contribution >= 0.6 is 0 Å². The Hall–Kier alpha value is -0.630. The summed E-state index contributed by atoms with van der Waals surface area (Å²) in [6.45, 7) is 1.03. The molecule has 4 N–H and O–H groups in total. The number of rotatable bonds is 0. The van der Waals surface area contributed by atoms with Crippen LogP contribution in [0, 0.1) is 11.3 Å². The summed E-state index contributed by atoms with van der Waals surface area (Å²) >= 11 is 0. The van der Waals surface area contributed by atoms with Crippen LogP contribution < -0.4 is 11.2 Å². The number of nitrogens with zero attached hydrogens (tertiary/aromatic N) is 1. The van der Waals surface area contributed by atoms with E-state index in [4.69, 9.17) is 10.5 Å². The van der Waals surface area contributed by atoms with E-state index >= 15 is 0 Å². The lowest BCUT2D eigenvalue weighted by Crippen LogP contribution is -2.32. The van der Waals surface area contributed by atoms with Gasteiger partial charge < -0.3 is 10.5 Å². The molecule has 1 aliphatic rings. The molecule has 4 nitrogen and oxygen atoms in total. The lowest BCUT2D eigenvalue weighted by molar-refractivity contribution is 0.311. The highest BCUT2D eigenvalue weighted by Gasteiger charge is 2.09. The SMILES string of the molecule is N#CC1CCCCN1.NO. The minimum absolute atomic E-state index is 0.142. The van der Waals surface area contributed by atoms with Crippen LogP contribution in [0.3, 0.4) is 0 Å². The van der Waals surface area contributed by atoms with Gasteiger partial charge in [-0.05, 0) is 25.8 Å².